The van der Waals surface area contributed by atoms with Crippen molar-refractivity contribution in [2.24, 2.45) is 0 Å². The fourth-order valence-electron chi connectivity index (χ4n) is 3.15. The van der Waals surface area contributed by atoms with E-state index in [2.05, 4.69) is 18.8 Å². The molecule has 0 saturated heterocycles. The fraction of sp³-hybridized carbons (Fsp3) is 0.333. The molecule has 1 amide bonds. The van der Waals surface area contributed by atoms with Crippen LogP contribution in [0.1, 0.15) is 41.3 Å². The monoisotopic (exact) mass is 440 g/mol. The molecule has 1 atom stereocenters. The molecular weight excluding hydrogens is 412 g/mol. The Morgan fingerprint density at radius 2 is 1.74 bits per heavy atom. The van der Waals surface area contributed by atoms with Gasteiger partial charge in [-0.3, -0.25) is 4.79 Å². The Balaban J connectivity index is 1.72. The summed E-state index contributed by atoms with van der Waals surface area (Å²) in [5.41, 5.74) is 1.53. The first-order valence-electron chi connectivity index (χ1n) is 10.2. The second-order valence-electron chi connectivity index (χ2n) is 7.07. The average molecular weight is 441 g/mol. The zero-order valence-corrected chi connectivity index (χ0v) is 19.1. The Hall–Kier alpha value is -3.06. The Morgan fingerprint density at radius 3 is 2.35 bits per heavy atom. The number of amides is 1. The van der Waals surface area contributed by atoms with Crippen LogP contribution in [0.2, 0.25) is 0 Å². The number of carbonyl (C=O) groups excluding carboxylic acids is 1. The summed E-state index contributed by atoms with van der Waals surface area (Å²) in [6, 6.07) is 15.0. The minimum Gasteiger partial charge on any atom is -0.493 e. The number of hydrogen-bond acceptors (Lipinski definition) is 6. The Morgan fingerprint density at radius 1 is 1.06 bits per heavy atom. The number of carbonyl (C=O) groups is 1. The number of ether oxygens (including phenoxy) is 3. The van der Waals surface area contributed by atoms with Crippen LogP contribution in [0.15, 0.2) is 53.9 Å². The molecule has 0 fully saturated rings. The first kappa shape index (κ1) is 22.6. The first-order valence-corrected chi connectivity index (χ1v) is 11.1. The van der Waals surface area contributed by atoms with Gasteiger partial charge in [-0.25, -0.2) is 4.98 Å². The van der Waals surface area contributed by atoms with Crippen LogP contribution in [-0.2, 0) is 13.2 Å². The molecular formula is C24H28N2O4S. The maximum Gasteiger partial charge on any atom is 0.254 e. The third-order valence-corrected chi connectivity index (χ3v) is 5.93. The van der Waals surface area contributed by atoms with Crippen molar-refractivity contribution in [3.05, 3.63) is 70.2 Å². The van der Waals surface area contributed by atoms with Crippen LogP contribution in [0.4, 0.5) is 0 Å². The smallest absolute Gasteiger partial charge is 0.254 e. The van der Waals surface area contributed by atoms with Gasteiger partial charge in [-0.05, 0) is 37.6 Å². The number of methoxy groups -OCH3 is 2. The van der Waals surface area contributed by atoms with Gasteiger partial charge in [0.1, 0.15) is 11.6 Å². The van der Waals surface area contributed by atoms with E-state index in [1.54, 1.807) is 14.2 Å². The van der Waals surface area contributed by atoms with Gasteiger partial charge >= 0.3 is 0 Å². The lowest BCUT2D eigenvalue weighted by Crippen LogP contribution is -2.37. The summed E-state index contributed by atoms with van der Waals surface area (Å²) in [7, 11) is 3.19. The van der Waals surface area contributed by atoms with E-state index in [0.717, 1.165) is 17.1 Å². The highest BCUT2D eigenvalue weighted by Crippen LogP contribution is 2.37. The molecule has 3 rings (SSSR count). The summed E-state index contributed by atoms with van der Waals surface area (Å²) >= 11 is 1.51. The van der Waals surface area contributed by atoms with Crippen LogP contribution in [0.3, 0.4) is 0 Å². The third kappa shape index (κ3) is 5.55. The predicted molar refractivity (Wildman–Crippen MR) is 122 cm³/mol. The van der Waals surface area contributed by atoms with Gasteiger partial charge in [0.05, 0.1) is 26.5 Å². The number of nitrogens with zero attached hydrogens (tertiary/aromatic N) is 2. The topological polar surface area (TPSA) is 60.9 Å². The van der Waals surface area contributed by atoms with E-state index in [1.807, 2.05) is 58.8 Å². The maximum absolute atomic E-state index is 13.1. The van der Waals surface area contributed by atoms with Crippen LogP contribution in [0.25, 0.3) is 0 Å². The number of thiazole rings is 1. The molecule has 164 valence electrons. The number of rotatable bonds is 10. The summed E-state index contributed by atoms with van der Waals surface area (Å²) in [6.45, 7) is 4.89. The lowest BCUT2D eigenvalue weighted by atomic mass is 10.1. The molecule has 0 bridgehead atoms. The van der Waals surface area contributed by atoms with Gasteiger partial charge in [-0.1, -0.05) is 31.2 Å². The van der Waals surface area contributed by atoms with Crippen LogP contribution in [-0.4, -0.2) is 36.1 Å². The summed E-state index contributed by atoms with van der Waals surface area (Å²) in [6.07, 6.45) is 0.867. The minimum absolute atomic E-state index is 0.0134. The second kappa shape index (κ2) is 10.8. The van der Waals surface area contributed by atoms with Gasteiger partial charge < -0.3 is 19.1 Å². The van der Waals surface area contributed by atoms with E-state index in [4.69, 9.17) is 14.2 Å². The molecule has 1 aromatic heterocycles. The maximum atomic E-state index is 13.1. The zero-order valence-electron chi connectivity index (χ0n) is 18.3. The van der Waals surface area contributed by atoms with Crippen LogP contribution in [0, 0.1) is 0 Å². The molecule has 6 nitrogen and oxygen atoms in total. The fourth-order valence-corrected chi connectivity index (χ4v) is 3.85. The van der Waals surface area contributed by atoms with Crippen molar-refractivity contribution in [3.8, 4) is 17.2 Å². The first-order chi connectivity index (χ1) is 15.1. The molecule has 0 aliphatic carbocycles. The largest absolute Gasteiger partial charge is 0.493 e. The van der Waals surface area contributed by atoms with E-state index in [0.29, 0.717) is 29.4 Å². The predicted octanol–water partition coefficient (Wildman–Crippen LogP) is 5.18. The SMILES string of the molecule is CCC(C)N(Cc1csc(COc2c(OC)cccc2OC)n1)C(=O)c1ccccc1. The highest BCUT2D eigenvalue weighted by molar-refractivity contribution is 7.09. The molecule has 0 radical (unpaired) electrons. The van der Waals surface area contributed by atoms with E-state index < -0.39 is 0 Å². The highest BCUT2D eigenvalue weighted by atomic mass is 32.1. The van der Waals surface area contributed by atoms with Gasteiger partial charge in [-0.2, -0.15) is 0 Å². The van der Waals surface area contributed by atoms with E-state index in [-0.39, 0.29) is 18.6 Å². The second-order valence-corrected chi connectivity index (χ2v) is 8.01. The van der Waals surface area contributed by atoms with Crippen molar-refractivity contribution in [1.82, 2.24) is 9.88 Å². The molecule has 2 aromatic carbocycles. The van der Waals surface area contributed by atoms with Crippen LogP contribution >= 0.6 is 11.3 Å². The van der Waals surface area contributed by atoms with Crippen molar-refractivity contribution >= 4 is 17.2 Å². The normalized spacial score (nSPS) is 11.6. The van der Waals surface area contributed by atoms with Crippen LogP contribution < -0.4 is 14.2 Å². The molecule has 31 heavy (non-hydrogen) atoms. The van der Waals surface area contributed by atoms with Gasteiger partial charge in [0.2, 0.25) is 5.75 Å². The van der Waals surface area contributed by atoms with E-state index in [9.17, 15) is 4.79 Å². The van der Waals surface area contributed by atoms with E-state index in [1.165, 1.54) is 11.3 Å². The summed E-state index contributed by atoms with van der Waals surface area (Å²) in [5.74, 6) is 1.77. The average Bonchev–Trinajstić information content (AvgIpc) is 3.27. The molecule has 0 aliphatic heterocycles. The Bertz CT molecular complexity index is 968. The molecule has 3 aromatic rings. The minimum atomic E-state index is 0.0134. The lowest BCUT2D eigenvalue weighted by molar-refractivity contribution is 0.0669. The van der Waals surface area contributed by atoms with Crippen LogP contribution in [0.5, 0.6) is 17.2 Å². The molecule has 7 heteroatoms. The summed E-state index contributed by atoms with van der Waals surface area (Å²) in [4.78, 5) is 19.6. The van der Waals surface area contributed by atoms with Gasteiger partial charge in [0, 0.05) is 17.0 Å². The quantitative estimate of drug-likeness (QED) is 0.435. The van der Waals surface area contributed by atoms with E-state index >= 15 is 0 Å². The van der Waals surface area contributed by atoms with Crippen molar-refractivity contribution in [2.75, 3.05) is 14.2 Å². The van der Waals surface area contributed by atoms with Crippen molar-refractivity contribution in [2.45, 2.75) is 39.5 Å². The zero-order chi connectivity index (χ0) is 22.2. The molecule has 0 saturated carbocycles. The standard InChI is InChI=1S/C24H28N2O4S/c1-5-17(2)26(24(27)18-10-7-6-8-11-18)14-19-16-31-22(25-19)15-30-23-20(28-3)12-9-13-21(23)29-4/h6-13,16-17H,5,14-15H2,1-4H3. The molecule has 0 N–H and O–H groups in total. The number of benzene rings is 2. The van der Waals surface area contributed by atoms with Crippen molar-refractivity contribution in [3.63, 3.8) is 0 Å². The Labute approximate surface area is 187 Å². The number of hydrogen-bond donors (Lipinski definition) is 0. The van der Waals surface area contributed by atoms with Gasteiger partial charge in [0.15, 0.2) is 11.5 Å². The highest BCUT2D eigenvalue weighted by Gasteiger charge is 2.22. The third-order valence-electron chi connectivity index (χ3n) is 5.06. The number of aromatic nitrogens is 1. The van der Waals surface area contributed by atoms with Crippen molar-refractivity contribution in [1.29, 1.82) is 0 Å². The van der Waals surface area contributed by atoms with Crippen molar-refractivity contribution < 1.29 is 19.0 Å². The van der Waals surface area contributed by atoms with Gasteiger partial charge in [0.25, 0.3) is 5.91 Å². The molecule has 0 spiro atoms. The summed E-state index contributed by atoms with van der Waals surface area (Å²) < 4.78 is 16.7. The lowest BCUT2D eigenvalue weighted by Gasteiger charge is -2.28. The number of para-hydroxylation sites is 1. The Kier molecular flexibility index (Phi) is 7.89. The molecule has 1 heterocycles. The van der Waals surface area contributed by atoms with Gasteiger partial charge in [-0.15, -0.1) is 11.3 Å². The summed E-state index contributed by atoms with van der Waals surface area (Å²) in [5, 5.41) is 2.80. The molecule has 1 unspecified atom stereocenters. The molecule has 0 aliphatic rings.